The summed E-state index contributed by atoms with van der Waals surface area (Å²) < 4.78 is 5.97. The summed E-state index contributed by atoms with van der Waals surface area (Å²) in [5.41, 5.74) is 1.29. The van der Waals surface area contributed by atoms with E-state index in [1.807, 2.05) is 18.4 Å². The summed E-state index contributed by atoms with van der Waals surface area (Å²) in [5, 5.41) is 4.59. The lowest BCUT2D eigenvalue weighted by Crippen LogP contribution is -2.38. The van der Waals surface area contributed by atoms with Gasteiger partial charge in [0.05, 0.1) is 18.3 Å². The second-order valence-electron chi connectivity index (χ2n) is 5.75. The van der Waals surface area contributed by atoms with Crippen LogP contribution in [0.2, 0.25) is 0 Å². The molecule has 1 N–H and O–H groups in total. The minimum Gasteiger partial charge on any atom is -0.368 e. The van der Waals surface area contributed by atoms with Gasteiger partial charge in [0.25, 0.3) is 0 Å². The second kappa shape index (κ2) is 6.52. The molecule has 1 aromatic heterocycles. The average Bonchev–Trinajstić information content (AvgIpc) is 2.92. The van der Waals surface area contributed by atoms with E-state index in [1.165, 1.54) is 47.8 Å². The van der Waals surface area contributed by atoms with Crippen molar-refractivity contribution in [1.82, 2.24) is 15.2 Å². The number of thiazole rings is 1. The van der Waals surface area contributed by atoms with Gasteiger partial charge in [0.15, 0.2) is 0 Å². The van der Waals surface area contributed by atoms with Gasteiger partial charge in [-0.1, -0.05) is 6.92 Å². The number of hydrogen-bond acceptors (Lipinski definition) is 5. The number of rotatable bonds is 4. The standard InChI is InChI=1S/C15H25N3OS/c1-3-7-18-8-9-19-12(10-18)15-17-14-11(16-2)5-4-6-13(14)20-15/h11-12,16H,3-10H2,1-2H3. The van der Waals surface area contributed by atoms with E-state index in [1.54, 1.807) is 0 Å². The van der Waals surface area contributed by atoms with Gasteiger partial charge < -0.3 is 10.1 Å². The molecular weight excluding hydrogens is 270 g/mol. The van der Waals surface area contributed by atoms with Crippen molar-refractivity contribution in [3.63, 3.8) is 0 Å². The maximum absolute atomic E-state index is 5.97. The highest BCUT2D eigenvalue weighted by atomic mass is 32.1. The third-order valence-electron chi connectivity index (χ3n) is 4.29. The highest BCUT2D eigenvalue weighted by Gasteiger charge is 2.29. The quantitative estimate of drug-likeness (QED) is 0.926. The van der Waals surface area contributed by atoms with Crippen LogP contribution in [0, 0.1) is 0 Å². The molecule has 2 heterocycles. The van der Waals surface area contributed by atoms with Gasteiger partial charge in [0, 0.05) is 18.0 Å². The molecule has 0 aromatic carbocycles. The lowest BCUT2D eigenvalue weighted by Gasteiger charge is -2.31. The van der Waals surface area contributed by atoms with Crippen molar-refractivity contribution in [2.75, 3.05) is 33.3 Å². The van der Waals surface area contributed by atoms with E-state index in [0.717, 1.165) is 19.7 Å². The van der Waals surface area contributed by atoms with Crippen LogP contribution in [0.5, 0.6) is 0 Å². The molecule has 1 fully saturated rings. The number of ether oxygens (including phenoxy) is 1. The van der Waals surface area contributed by atoms with Crippen molar-refractivity contribution in [3.05, 3.63) is 15.6 Å². The van der Waals surface area contributed by atoms with Crippen LogP contribution in [0.4, 0.5) is 0 Å². The van der Waals surface area contributed by atoms with Gasteiger partial charge in [0.1, 0.15) is 11.1 Å². The molecule has 0 amide bonds. The SMILES string of the molecule is CCCN1CCOC(c2nc3c(s2)CCCC3NC)C1. The van der Waals surface area contributed by atoms with Crippen LogP contribution in [0.3, 0.4) is 0 Å². The van der Waals surface area contributed by atoms with E-state index in [4.69, 9.17) is 9.72 Å². The Morgan fingerprint density at radius 2 is 2.40 bits per heavy atom. The molecule has 1 aliphatic heterocycles. The highest BCUT2D eigenvalue weighted by Crippen LogP contribution is 2.36. The number of morpholine rings is 1. The minimum atomic E-state index is 0.184. The molecule has 4 nitrogen and oxygen atoms in total. The Morgan fingerprint density at radius 3 is 3.20 bits per heavy atom. The number of aromatic nitrogens is 1. The molecule has 1 aromatic rings. The predicted molar refractivity (Wildman–Crippen MR) is 82.3 cm³/mol. The largest absolute Gasteiger partial charge is 0.368 e. The third-order valence-corrected chi connectivity index (χ3v) is 5.51. The number of nitrogens with one attached hydrogen (secondary N) is 1. The normalized spacial score (nSPS) is 27.5. The first-order valence-corrected chi connectivity index (χ1v) is 8.64. The molecule has 20 heavy (non-hydrogen) atoms. The molecule has 0 radical (unpaired) electrons. The molecule has 112 valence electrons. The highest BCUT2D eigenvalue weighted by molar-refractivity contribution is 7.11. The van der Waals surface area contributed by atoms with Crippen LogP contribution in [0.1, 0.15) is 53.9 Å². The van der Waals surface area contributed by atoms with E-state index in [9.17, 15) is 0 Å². The Labute approximate surface area is 125 Å². The van der Waals surface area contributed by atoms with Crippen LogP contribution < -0.4 is 5.32 Å². The predicted octanol–water partition coefficient (Wildman–Crippen LogP) is 2.52. The molecule has 1 aliphatic carbocycles. The number of nitrogens with zero attached hydrogens (tertiary/aromatic N) is 2. The summed E-state index contributed by atoms with van der Waals surface area (Å²) >= 11 is 1.88. The zero-order valence-electron chi connectivity index (χ0n) is 12.5. The fourth-order valence-corrected chi connectivity index (χ4v) is 4.44. The topological polar surface area (TPSA) is 37.4 Å². The lowest BCUT2D eigenvalue weighted by molar-refractivity contribution is -0.0300. The number of aryl methyl sites for hydroxylation is 1. The molecule has 1 saturated heterocycles. The molecule has 0 saturated carbocycles. The number of hydrogen-bond donors (Lipinski definition) is 1. The Bertz CT molecular complexity index is 446. The van der Waals surface area contributed by atoms with E-state index in [0.29, 0.717) is 6.04 Å². The Morgan fingerprint density at radius 1 is 1.50 bits per heavy atom. The van der Waals surface area contributed by atoms with Crippen LogP contribution in [-0.4, -0.2) is 43.2 Å². The summed E-state index contributed by atoms with van der Waals surface area (Å²) in [6.07, 6.45) is 5.07. The van der Waals surface area contributed by atoms with Gasteiger partial charge in [-0.3, -0.25) is 4.90 Å². The molecule has 0 spiro atoms. The summed E-state index contributed by atoms with van der Waals surface area (Å²) in [7, 11) is 2.04. The molecule has 2 atom stereocenters. The molecular formula is C15H25N3OS. The van der Waals surface area contributed by atoms with Crippen LogP contribution in [0.25, 0.3) is 0 Å². The zero-order chi connectivity index (χ0) is 13.9. The summed E-state index contributed by atoms with van der Waals surface area (Å²) in [4.78, 5) is 8.90. The Balaban J connectivity index is 1.75. The van der Waals surface area contributed by atoms with Gasteiger partial charge in [-0.2, -0.15) is 0 Å². The molecule has 3 rings (SSSR count). The van der Waals surface area contributed by atoms with Gasteiger partial charge in [-0.15, -0.1) is 11.3 Å². The van der Waals surface area contributed by atoms with Crippen LogP contribution in [0.15, 0.2) is 0 Å². The first kappa shape index (κ1) is 14.4. The van der Waals surface area contributed by atoms with E-state index in [-0.39, 0.29) is 6.10 Å². The summed E-state index contributed by atoms with van der Waals surface area (Å²) in [6.45, 7) is 6.32. The van der Waals surface area contributed by atoms with Gasteiger partial charge in [-0.05, 0) is 39.3 Å². The maximum Gasteiger partial charge on any atom is 0.123 e. The van der Waals surface area contributed by atoms with E-state index in [2.05, 4.69) is 17.1 Å². The van der Waals surface area contributed by atoms with E-state index < -0.39 is 0 Å². The average molecular weight is 295 g/mol. The Kier molecular flexibility index (Phi) is 4.71. The van der Waals surface area contributed by atoms with Crippen molar-refractivity contribution in [3.8, 4) is 0 Å². The maximum atomic E-state index is 5.97. The van der Waals surface area contributed by atoms with Crippen molar-refractivity contribution >= 4 is 11.3 Å². The van der Waals surface area contributed by atoms with Crippen LogP contribution in [-0.2, 0) is 11.2 Å². The fourth-order valence-electron chi connectivity index (χ4n) is 3.23. The second-order valence-corrected chi connectivity index (χ2v) is 6.87. The van der Waals surface area contributed by atoms with Gasteiger partial charge in [0.2, 0.25) is 0 Å². The third kappa shape index (κ3) is 2.91. The van der Waals surface area contributed by atoms with Crippen molar-refractivity contribution < 1.29 is 4.74 Å². The first-order valence-electron chi connectivity index (χ1n) is 7.82. The van der Waals surface area contributed by atoms with Crippen molar-refractivity contribution in [2.45, 2.75) is 44.8 Å². The minimum absolute atomic E-state index is 0.184. The summed E-state index contributed by atoms with van der Waals surface area (Å²) in [6, 6.07) is 0.444. The summed E-state index contributed by atoms with van der Waals surface area (Å²) in [5.74, 6) is 0. The van der Waals surface area contributed by atoms with Gasteiger partial charge in [-0.25, -0.2) is 4.98 Å². The molecule has 5 heteroatoms. The zero-order valence-corrected chi connectivity index (χ0v) is 13.3. The molecule has 2 aliphatic rings. The number of fused-ring (bicyclic) bond motifs is 1. The first-order chi connectivity index (χ1) is 9.81. The van der Waals surface area contributed by atoms with Crippen molar-refractivity contribution in [2.24, 2.45) is 0 Å². The Hall–Kier alpha value is -0.490. The monoisotopic (exact) mass is 295 g/mol. The van der Waals surface area contributed by atoms with E-state index >= 15 is 0 Å². The van der Waals surface area contributed by atoms with Gasteiger partial charge >= 0.3 is 0 Å². The molecule has 0 bridgehead atoms. The van der Waals surface area contributed by atoms with Crippen molar-refractivity contribution in [1.29, 1.82) is 0 Å². The van der Waals surface area contributed by atoms with Crippen LogP contribution >= 0.6 is 11.3 Å². The smallest absolute Gasteiger partial charge is 0.123 e. The fraction of sp³-hybridized carbons (Fsp3) is 0.800. The molecule has 2 unspecified atom stereocenters. The lowest BCUT2D eigenvalue weighted by atomic mass is 9.98.